The van der Waals surface area contributed by atoms with Gasteiger partial charge in [0.25, 0.3) is 0 Å². The Morgan fingerprint density at radius 2 is 0.905 bits per heavy atom. The van der Waals surface area contributed by atoms with Gasteiger partial charge in [0, 0.05) is 6.42 Å². The van der Waals surface area contributed by atoms with Gasteiger partial charge in [0.15, 0.2) is 0 Å². The van der Waals surface area contributed by atoms with E-state index in [1.54, 1.807) is 4.74 Å². The van der Waals surface area contributed by atoms with Crippen LogP contribution < -0.4 is 0 Å². The second-order valence-electron chi connectivity index (χ2n) is 8.88. The molecule has 2 unspecified atom stereocenters. The van der Waals surface area contributed by atoms with Crippen LogP contribution in [-0.4, -0.2) is 60.5 Å². The minimum absolute atomic E-state index is 0.364. The molecule has 0 aliphatic heterocycles. The van der Waals surface area contributed by atoms with Crippen LogP contribution >= 0.6 is 0 Å². The molecule has 0 aromatic carbocycles. The Bertz CT molecular complexity index is 920. The van der Waals surface area contributed by atoms with Crippen molar-refractivity contribution in [3.63, 3.8) is 0 Å². The van der Waals surface area contributed by atoms with Crippen LogP contribution in [0.3, 0.4) is 0 Å². The lowest BCUT2D eigenvalue weighted by Gasteiger charge is -2.41. The minimum atomic E-state index is -8.33. The third-order valence-electron chi connectivity index (χ3n) is 5.71. The summed E-state index contributed by atoms with van der Waals surface area (Å²) in [6, 6.07) is 0. The first-order chi connectivity index (χ1) is 18.4. The van der Waals surface area contributed by atoms with Gasteiger partial charge in [0.1, 0.15) is 0 Å². The maximum Gasteiger partial charge on any atom is 0.471 e. The Labute approximate surface area is 221 Å². The fourth-order valence-electron chi connectivity index (χ4n) is 3.45. The predicted molar refractivity (Wildman–Crippen MR) is 94.3 cm³/mol. The van der Waals surface area contributed by atoms with Gasteiger partial charge in [-0.05, 0) is 12.3 Å². The molecule has 23 heteroatoms. The van der Waals surface area contributed by atoms with Crippen LogP contribution in [0, 0.1) is 5.92 Å². The molecule has 0 heterocycles. The number of esters is 1. The fraction of sp³-hybridized carbons (Fsp3) is 0.947. The number of alkyl halides is 19. The molecule has 1 aliphatic carbocycles. The zero-order valence-corrected chi connectivity index (χ0v) is 20.0. The summed E-state index contributed by atoms with van der Waals surface area (Å²) in [4.78, 5) is 11.6. The standard InChI is InChI=1S/C19H17F19O4/c20-11(21,14(24,25)26)17(33,34)41-13(23,16(30,31)32)19(37,38)42-12(22,15(27,28)29)18(35,36)40-10(39)8-7-9-5-3-1-2-4-6-9/h9H,1-8H2. The van der Waals surface area contributed by atoms with Crippen LogP contribution in [0.2, 0.25) is 0 Å². The minimum Gasteiger partial charge on any atom is -0.396 e. The van der Waals surface area contributed by atoms with Crippen molar-refractivity contribution in [2.45, 2.75) is 106 Å². The van der Waals surface area contributed by atoms with Crippen molar-refractivity contribution in [3.05, 3.63) is 0 Å². The Kier molecular flexibility index (Phi) is 10.8. The molecule has 1 aliphatic rings. The highest BCUT2D eigenvalue weighted by Gasteiger charge is 2.87. The van der Waals surface area contributed by atoms with Gasteiger partial charge in [-0.15, -0.1) is 0 Å². The molecule has 1 fully saturated rings. The lowest BCUT2D eigenvalue weighted by molar-refractivity contribution is -0.569. The van der Waals surface area contributed by atoms with Crippen LogP contribution in [0.15, 0.2) is 0 Å². The van der Waals surface area contributed by atoms with E-state index in [1.165, 1.54) is 4.74 Å². The Morgan fingerprint density at radius 3 is 1.29 bits per heavy atom. The number of hydrogen-bond donors (Lipinski definition) is 0. The first-order valence-corrected chi connectivity index (χ1v) is 11.1. The Morgan fingerprint density at radius 1 is 0.524 bits per heavy atom. The molecule has 0 amide bonds. The van der Waals surface area contributed by atoms with Gasteiger partial charge in [-0.3, -0.25) is 14.3 Å². The van der Waals surface area contributed by atoms with Gasteiger partial charge >= 0.3 is 60.5 Å². The van der Waals surface area contributed by atoms with Crippen molar-refractivity contribution < 1.29 is 102 Å². The van der Waals surface area contributed by atoms with Crippen molar-refractivity contribution in [1.82, 2.24) is 0 Å². The number of halogens is 19. The smallest absolute Gasteiger partial charge is 0.396 e. The van der Waals surface area contributed by atoms with Gasteiger partial charge in [-0.1, -0.05) is 38.5 Å². The molecule has 0 saturated heterocycles. The molecule has 0 radical (unpaired) electrons. The molecule has 4 nitrogen and oxygen atoms in total. The molecule has 1 saturated carbocycles. The van der Waals surface area contributed by atoms with E-state index in [9.17, 15) is 88.2 Å². The van der Waals surface area contributed by atoms with Crippen molar-refractivity contribution in [1.29, 1.82) is 0 Å². The van der Waals surface area contributed by atoms with Crippen LogP contribution in [-0.2, 0) is 19.0 Å². The Balaban J connectivity index is 3.45. The van der Waals surface area contributed by atoms with Crippen LogP contribution in [0.25, 0.3) is 0 Å². The molecule has 250 valence electrons. The largest absolute Gasteiger partial charge is 0.471 e. The van der Waals surface area contributed by atoms with E-state index in [1.807, 2.05) is 0 Å². The second kappa shape index (κ2) is 11.9. The van der Waals surface area contributed by atoms with Gasteiger partial charge in [0.05, 0.1) is 0 Å². The molecule has 0 spiro atoms. The van der Waals surface area contributed by atoms with E-state index < -0.39 is 79.2 Å². The average Bonchev–Trinajstić information content (AvgIpc) is 3.03. The second-order valence-corrected chi connectivity index (χ2v) is 8.88. The first-order valence-electron chi connectivity index (χ1n) is 11.1. The van der Waals surface area contributed by atoms with E-state index in [4.69, 9.17) is 0 Å². The van der Waals surface area contributed by atoms with E-state index in [-0.39, 0.29) is 0 Å². The Hall–Kier alpha value is -1.94. The molecular weight excluding hydrogens is 653 g/mol. The normalized spacial score (nSPS) is 20.5. The van der Waals surface area contributed by atoms with E-state index in [2.05, 4.69) is 4.74 Å². The molecular formula is C19H17F19O4. The quantitative estimate of drug-likeness (QED) is 0.125. The molecule has 1 rings (SSSR count). The van der Waals surface area contributed by atoms with Crippen molar-refractivity contribution in [2.75, 3.05) is 0 Å². The number of carbonyl (C=O) groups is 1. The van der Waals surface area contributed by atoms with Crippen LogP contribution in [0.1, 0.15) is 51.4 Å². The van der Waals surface area contributed by atoms with Gasteiger partial charge in [0.2, 0.25) is 0 Å². The summed E-state index contributed by atoms with van der Waals surface area (Å²) in [5.74, 6) is -27.1. The zero-order chi connectivity index (χ0) is 33.4. The molecule has 0 aromatic rings. The van der Waals surface area contributed by atoms with E-state index in [0.717, 1.165) is 0 Å². The van der Waals surface area contributed by atoms with Crippen molar-refractivity contribution in [3.8, 4) is 0 Å². The molecule has 0 N–H and O–H groups in total. The maximum absolute atomic E-state index is 14.4. The number of hydrogen-bond acceptors (Lipinski definition) is 4. The zero-order valence-electron chi connectivity index (χ0n) is 20.0. The fourth-order valence-corrected chi connectivity index (χ4v) is 3.45. The summed E-state index contributed by atoms with van der Waals surface area (Å²) in [7, 11) is 0. The third kappa shape index (κ3) is 7.58. The summed E-state index contributed by atoms with van der Waals surface area (Å²) >= 11 is 0. The highest BCUT2D eigenvalue weighted by molar-refractivity contribution is 5.69. The summed E-state index contributed by atoms with van der Waals surface area (Å²) in [5.41, 5.74) is 0. The summed E-state index contributed by atoms with van der Waals surface area (Å²) in [5, 5.41) is 0. The van der Waals surface area contributed by atoms with Gasteiger partial charge in [-0.25, -0.2) is 0 Å². The summed E-state index contributed by atoms with van der Waals surface area (Å²) in [6.07, 6.45) is -45.7. The lowest BCUT2D eigenvalue weighted by atomic mass is 9.95. The van der Waals surface area contributed by atoms with E-state index in [0.29, 0.717) is 38.5 Å². The monoisotopic (exact) mass is 670 g/mol. The summed E-state index contributed by atoms with van der Waals surface area (Å²) < 4.78 is 257. The molecule has 42 heavy (non-hydrogen) atoms. The van der Waals surface area contributed by atoms with Gasteiger partial charge in [-0.2, -0.15) is 83.4 Å². The van der Waals surface area contributed by atoms with Crippen molar-refractivity contribution in [2.24, 2.45) is 5.92 Å². The topological polar surface area (TPSA) is 44.8 Å². The molecule has 0 bridgehead atoms. The average molecular weight is 670 g/mol. The highest BCUT2D eigenvalue weighted by atomic mass is 19.4. The molecule has 2 atom stereocenters. The van der Waals surface area contributed by atoms with Crippen molar-refractivity contribution >= 4 is 5.97 Å². The maximum atomic E-state index is 14.4. The third-order valence-corrected chi connectivity index (χ3v) is 5.71. The van der Waals surface area contributed by atoms with Crippen LogP contribution in [0.4, 0.5) is 83.4 Å². The number of ether oxygens (including phenoxy) is 3. The molecule has 0 aromatic heterocycles. The predicted octanol–water partition coefficient (Wildman–Crippen LogP) is 8.75. The van der Waals surface area contributed by atoms with E-state index >= 15 is 0 Å². The SMILES string of the molecule is O=C(CCC1CCCCCC1)OC(F)(F)C(F)(OC(F)(F)C(F)(OC(F)(F)C(F)(F)C(F)(F)F)C(F)(F)F)C(F)(F)F. The first kappa shape index (κ1) is 38.1. The highest BCUT2D eigenvalue weighted by Crippen LogP contribution is 2.58. The lowest BCUT2D eigenvalue weighted by Crippen LogP contribution is -2.69. The van der Waals surface area contributed by atoms with Crippen LogP contribution in [0.5, 0.6) is 0 Å². The van der Waals surface area contributed by atoms with Gasteiger partial charge < -0.3 is 4.74 Å². The number of carbonyl (C=O) groups excluding carboxylic acids is 1. The number of rotatable bonds is 11. The summed E-state index contributed by atoms with van der Waals surface area (Å²) in [6.45, 7) is 0.